The molecule has 0 spiro atoms. The Morgan fingerprint density at radius 1 is 1.37 bits per heavy atom. The van der Waals surface area contributed by atoms with E-state index in [0.717, 1.165) is 0 Å². The van der Waals surface area contributed by atoms with Crippen molar-refractivity contribution in [2.75, 3.05) is 13.1 Å². The Morgan fingerprint density at radius 2 is 2.05 bits per heavy atom. The molecule has 1 aromatic rings. The van der Waals surface area contributed by atoms with Crippen LogP contribution in [0.2, 0.25) is 0 Å². The second-order valence-electron chi connectivity index (χ2n) is 5.16. The first-order valence-corrected chi connectivity index (χ1v) is 6.36. The summed E-state index contributed by atoms with van der Waals surface area (Å²) >= 11 is 0. The van der Waals surface area contributed by atoms with Crippen molar-refractivity contribution in [2.45, 2.75) is 32.7 Å². The van der Waals surface area contributed by atoms with E-state index in [-0.39, 0.29) is 5.91 Å². The van der Waals surface area contributed by atoms with Crippen molar-refractivity contribution in [3.05, 3.63) is 12.4 Å². The van der Waals surface area contributed by atoms with Gasteiger partial charge in [0.05, 0.1) is 18.2 Å². The van der Waals surface area contributed by atoms with Crippen LogP contribution in [0, 0.1) is 5.41 Å². The van der Waals surface area contributed by atoms with Gasteiger partial charge in [-0.3, -0.25) is 14.3 Å². The SMILES string of the molecule is CC1(C(=O)O)CCN(C(=O)CCn2ccnn2)CC1. The van der Waals surface area contributed by atoms with Crippen LogP contribution in [0.3, 0.4) is 0 Å². The van der Waals surface area contributed by atoms with Gasteiger partial charge in [-0.25, -0.2) is 0 Å². The number of likely N-dealkylation sites (tertiary alicyclic amines) is 1. The van der Waals surface area contributed by atoms with Gasteiger partial charge in [0.2, 0.25) is 5.91 Å². The Balaban J connectivity index is 1.81. The molecule has 1 saturated heterocycles. The number of aryl methyl sites for hydroxylation is 1. The largest absolute Gasteiger partial charge is 0.481 e. The van der Waals surface area contributed by atoms with Gasteiger partial charge in [0.25, 0.3) is 0 Å². The Morgan fingerprint density at radius 3 is 2.58 bits per heavy atom. The van der Waals surface area contributed by atoms with Gasteiger partial charge < -0.3 is 10.0 Å². The zero-order valence-electron chi connectivity index (χ0n) is 10.9. The number of aromatic nitrogens is 3. The van der Waals surface area contributed by atoms with Crippen molar-refractivity contribution in [3.63, 3.8) is 0 Å². The average Bonchev–Trinajstić information content (AvgIpc) is 2.90. The highest BCUT2D eigenvalue weighted by Gasteiger charge is 2.37. The Hall–Kier alpha value is -1.92. The minimum absolute atomic E-state index is 0.0444. The molecule has 1 aliphatic rings. The van der Waals surface area contributed by atoms with Gasteiger partial charge in [-0.1, -0.05) is 5.21 Å². The lowest BCUT2D eigenvalue weighted by atomic mass is 9.80. The number of carboxylic acids is 1. The molecule has 1 aromatic heterocycles. The quantitative estimate of drug-likeness (QED) is 0.851. The van der Waals surface area contributed by atoms with E-state index in [9.17, 15) is 9.59 Å². The molecule has 7 nitrogen and oxygen atoms in total. The fourth-order valence-corrected chi connectivity index (χ4v) is 2.18. The molecule has 0 saturated carbocycles. The zero-order valence-corrected chi connectivity index (χ0v) is 10.9. The van der Waals surface area contributed by atoms with Crippen LogP contribution in [0.25, 0.3) is 0 Å². The van der Waals surface area contributed by atoms with E-state index in [1.54, 1.807) is 28.9 Å². The summed E-state index contributed by atoms with van der Waals surface area (Å²) in [6, 6.07) is 0. The van der Waals surface area contributed by atoms with Gasteiger partial charge in [0.1, 0.15) is 0 Å². The number of hydrogen-bond donors (Lipinski definition) is 1. The highest BCUT2D eigenvalue weighted by molar-refractivity contribution is 5.78. The normalized spacial score (nSPS) is 18.3. The van der Waals surface area contributed by atoms with Crippen LogP contribution in [0.15, 0.2) is 12.4 Å². The van der Waals surface area contributed by atoms with E-state index < -0.39 is 11.4 Å². The lowest BCUT2D eigenvalue weighted by Crippen LogP contribution is -2.45. The molecule has 1 aliphatic heterocycles. The number of piperidine rings is 1. The molecule has 7 heteroatoms. The predicted octanol–water partition coefficient (Wildman–Crippen LogP) is 0.381. The van der Waals surface area contributed by atoms with Gasteiger partial charge in [0.15, 0.2) is 0 Å². The minimum atomic E-state index is -0.776. The van der Waals surface area contributed by atoms with Crippen LogP contribution in [-0.2, 0) is 16.1 Å². The molecule has 0 aromatic carbocycles. The van der Waals surface area contributed by atoms with Crippen LogP contribution in [0.5, 0.6) is 0 Å². The van der Waals surface area contributed by atoms with Crippen LogP contribution in [0.1, 0.15) is 26.2 Å². The Labute approximate surface area is 111 Å². The van der Waals surface area contributed by atoms with E-state index in [4.69, 9.17) is 5.11 Å². The smallest absolute Gasteiger partial charge is 0.309 e. The maximum absolute atomic E-state index is 12.0. The molecular weight excluding hydrogens is 248 g/mol. The third-order valence-electron chi connectivity index (χ3n) is 3.76. The molecular formula is C12H18N4O3. The van der Waals surface area contributed by atoms with Crippen LogP contribution >= 0.6 is 0 Å². The molecule has 0 unspecified atom stereocenters. The summed E-state index contributed by atoms with van der Waals surface area (Å²) in [7, 11) is 0. The molecule has 0 aliphatic carbocycles. The fraction of sp³-hybridized carbons (Fsp3) is 0.667. The molecule has 1 fully saturated rings. The highest BCUT2D eigenvalue weighted by atomic mass is 16.4. The Kier molecular flexibility index (Phi) is 3.82. The van der Waals surface area contributed by atoms with Crippen molar-refractivity contribution in [1.29, 1.82) is 0 Å². The third-order valence-corrected chi connectivity index (χ3v) is 3.76. The number of carbonyl (C=O) groups is 2. The first-order chi connectivity index (χ1) is 9.01. The van der Waals surface area contributed by atoms with Gasteiger partial charge in [-0.15, -0.1) is 5.10 Å². The number of carboxylic acid groups (broad SMARTS) is 1. The van der Waals surface area contributed by atoms with Crippen molar-refractivity contribution in [1.82, 2.24) is 19.9 Å². The van der Waals surface area contributed by atoms with Crippen molar-refractivity contribution < 1.29 is 14.7 Å². The van der Waals surface area contributed by atoms with E-state index >= 15 is 0 Å². The van der Waals surface area contributed by atoms with E-state index in [0.29, 0.717) is 38.9 Å². The number of aliphatic carboxylic acids is 1. The number of nitrogens with zero attached hydrogens (tertiary/aromatic N) is 4. The van der Waals surface area contributed by atoms with Gasteiger partial charge in [-0.2, -0.15) is 0 Å². The van der Waals surface area contributed by atoms with Crippen LogP contribution in [0.4, 0.5) is 0 Å². The summed E-state index contributed by atoms with van der Waals surface area (Å²) in [5.74, 6) is -0.731. The molecule has 0 atom stereocenters. The minimum Gasteiger partial charge on any atom is -0.481 e. The number of carbonyl (C=O) groups excluding carboxylic acids is 1. The molecule has 2 heterocycles. The van der Waals surface area contributed by atoms with E-state index in [1.165, 1.54) is 0 Å². The zero-order chi connectivity index (χ0) is 13.9. The van der Waals surface area contributed by atoms with Crippen LogP contribution in [-0.4, -0.2) is 50.0 Å². The summed E-state index contributed by atoms with van der Waals surface area (Å²) in [5, 5.41) is 16.6. The lowest BCUT2D eigenvalue weighted by Gasteiger charge is -2.36. The van der Waals surface area contributed by atoms with Crippen molar-refractivity contribution in [2.24, 2.45) is 5.41 Å². The molecule has 2 rings (SSSR count). The second kappa shape index (κ2) is 5.38. The van der Waals surface area contributed by atoms with Gasteiger partial charge in [-0.05, 0) is 19.8 Å². The highest BCUT2D eigenvalue weighted by Crippen LogP contribution is 2.31. The third kappa shape index (κ3) is 3.10. The molecule has 1 amide bonds. The number of hydrogen-bond acceptors (Lipinski definition) is 4. The van der Waals surface area contributed by atoms with E-state index in [1.807, 2.05) is 0 Å². The summed E-state index contributed by atoms with van der Waals surface area (Å²) in [5.41, 5.74) is -0.692. The molecule has 0 bridgehead atoms. The van der Waals surface area contributed by atoms with Gasteiger partial charge in [0, 0.05) is 25.7 Å². The molecule has 104 valence electrons. The summed E-state index contributed by atoms with van der Waals surface area (Å²) in [6.07, 6.45) is 4.68. The first-order valence-electron chi connectivity index (χ1n) is 6.36. The lowest BCUT2D eigenvalue weighted by molar-refractivity contribution is -0.153. The summed E-state index contributed by atoms with van der Waals surface area (Å²) in [6.45, 7) is 3.27. The van der Waals surface area contributed by atoms with Crippen molar-refractivity contribution >= 4 is 11.9 Å². The molecule has 0 radical (unpaired) electrons. The standard InChI is InChI=1S/C12H18N4O3/c1-12(11(18)19)3-7-15(8-4-12)10(17)2-6-16-9-5-13-14-16/h5,9H,2-4,6-8H2,1H3,(H,18,19). The van der Waals surface area contributed by atoms with Crippen LogP contribution < -0.4 is 0 Å². The Bertz CT molecular complexity index is 450. The monoisotopic (exact) mass is 266 g/mol. The summed E-state index contributed by atoms with van der Waals surface area (Å²) in [4.78, 5) is 24.8. The number of amides is 1. The maximum atomic E-state index is 12.0. The summed E-state index contributed by atoms with van der Waals surface area (Å²) < 4.78 is 1.61. The number of rotatable bonds is 4. The predicted molar refractivity (Wildman–Crippen MR) is 66.2 cm³/mol. The fourth-order valence-electron chi connectivity index (χ4n) is 2.18. The molecule has 1 N–H and O–H groups in total. The second-order valence-corrected chi connectivity index (χ2v) is 5.16. The topological polar surface area (TPSA) is 88.3 Å². The first kappa shape index (κ1) is 13.5. The van der Waals surface area contributed by atoms with Crippen molar-refractivity contribution in [3.8, 4) is 0 Å². The van der Waals surface area contributed by atoms with E-state index in [2.05, 4.69) is 10.3 Å². The average molecular weight is 266 g/mol. The maximum Gasteiger partial charge on any atom is 0.309 e. The van der Waals surface area contributed by atoms with Gasteiger partial charge >= 0.3 is 5.97 Å². The molecule has 19 heavy (non-hydrogen) atoms.